The summed E-state index contributed by atoms with van der Waals surface area (Å²) in [5.74, 6) is -0.590. The molecule has 0 saturated carbocycles. The highest BCUT2D eigenvalue weighted by Crippen LogP contribution is 2.07. The minimum Gasteiger partial charge on any atom is -0.268 e. The lowest BCUT2D eigenvalue weighted by Crippen LogP contribution is -2.07. The van der Waals surface area contributed by atoms with Gasteiger partial charge in [0.25, 0.3) is 0 Å². The minimum atomic E-state index is -4.45. The lowest BCUT2D eigenvalue weighted by molar-refractivity contribution is 0.540. The Morgan fingerprint density at radius 3 is 2.85 bits per heavy atom. The second kappa shape index (κ2) is 3.87. The summed E-state index contributed by atoms with van der Waals surface area (Å²) < 4.78 is 34.5. The molecule has 0 aromatic carbocycles. The van der Waals surface area contributed by atoms with Crippen molar-refractivity contribution in [2.75, 3.05) is 0 Å². The normalized spacial score (nSPS) is 11.8. The number of nitrogens with zero attached hydrogens (tertiary/aromatic N) is 2. The van der Waals surface area contributed by atoms with E-state index in [9.17, 15) is 12.3 Å². The molecule has 0 amide bonds. The predicted octanol–water partition coefficient (Wildman–Crippen LogP) is 1.09. The van der Waals surface area contributed by atoms with Crippen LogP contribution in [0.15, 0.2) is 12.3 Å². The van der Waals surface area contributed by atoms with Crippen molar-refractivity contribution in [2.45, 2.75) is 25.6 Å². The van der Waals surface area contributed by atoms with E-state index in [0.717, 1.165) is 6.42 Å². The summed E-state index contributed by atoms with van der Waals surface area (Å²) in [6, 6.07) is 1.51. The van der Waals surface area contributed by atoms with Gasteiger partial charge in [0.1, 0.15) is 5.75 Å². The SMILES string of the molecule is CCCn1nccc1CS(=O)(=O)F. The zero-order chi connectivity index (χ0) is 9.90. The minimum absolute atomic E-state index is 0.393. The van der Waals surface area contributed by atoms with Crippen molar-refractivity contribution >= 4 is 10.2 Å². The second-order valence-electron chi connectivity index (χ2n) is 2.73. The van der Waals surface area contributed by atoms with Gasteiger partial charge in [-0.3, -0.25) is 4.68 Å². The van der Waals surface area contributed by atoms with Crippen molar-refractivity contribution < 1.29 is 12.3 Å². The molecule has 0 spiro atoms. The first kappa shape index (κ1) is 10.2. The molecule has 0 aliphatic rings. The molecule has 0 aliphatic carbocycles. The summed E-state index contributed by atoms with van der Waals surface area (Å²) in [5.41, 5.74) is 0.393. The molecular formula is C7H11FN2O2S. The largest absolute Gasteiger partial charge is 0.308 e. The quantitative estimate of drug-likeness (QED) is 0.693. The van der Waals surface area contributed by atoms with Gasteiger partial charge >= 0.3 is 10.2 Å². The van der Waals surface area contributed by atoms with Crippen molar-refractivity contribution in [3.8, 4) is 0 Å². The first-order valence-corrected chi connectivity index (χ1v) is 5.51. The summed E-state index contributed by atoms with van der Waals surface area (Å²) in [5, 5.41) is 3.88. The van der Waals surface area contributed by atoms with E-state index in [4.69, 9.17) is 0 Å². The van der Waals surface area contributed by atoms with Crippen molar-refractivity contribution in [3.05, 3.63) is 18.0 Å². The summed E-state index contributed by atoms with van der Waals surface area (Å²) >= 11 is 0. The number of rotatable bonds is 4. The van der Waals surface area contributed by atoms with Gasteiger partial charge in [-0.1, -0.05) is 6.92 Å². The van der Waals surface area contributed by atoms with E-state index in [1.807, 2.05) is 6.92 Å². The van der Waals surface area contributed by atoms with Crippen LogP contribution in [0.5, 0.6) is 0 Å². The third kappa shape index (κ3) is 3.14. The van der Waals surface area contributed by atoms with E-state index in [1.165, 1.54) is 16.9 Å². The lowest BCUT2D eigenvalue weighted by Gasteiger charge is -2.02. The van der Waals surface area contributed by atoms with Crippen molar-refractivity contribution in [1.82, 2.24) is 9.78 Å². The Labute approximate surface area is 76.6 Å². The van der Waals surface area contributed by atoms with Gasteiger partial charge in [0.05, 0.1) is 5.69 Å². The van der Waals surface area contributed by atoms with Gasteiger partial charge in [-0.2, -0.15) is 13.5 Å². The summed E-state index contributed by atoms with van der Waals surface area (Å²) in [6.07, 6.45) is 2.30. The molecular weight excluding hydrogens is 195 g/mol. The van der Waals surface area contributed by atoms with Gasteiger partial charge in [0, 0.05) is 12.7 Å². The van der Waals surface area contributed by atoms with Gasteiger partial charge in [0.2, 0.25) is 0 Å². The van der Waals surface area contributed by atoms with Gasteiger partial charge < -0.3 is 0 Å². The van der Waals surface area contributed by atoms with Crippen LogP contribution in [0.4, 0.5) is 3.89 Å². The molecule has 13 heavy (non-hydrogen) atoms. The number of aromatic nitrogens is 2. The summed E-state index contributed by atoms with van der Waals surface area (Å²) in [6.45, 7) is 2.55. The van der Waals surface area contributed by atoms with E-state index in [-0.39, 0.29) is 0 Å². The molecule has 0 atom stereocenters. The van der Waals surface area contributed by atoms with Crippen LogP contribution in [0.2, 0.25) is 0 Å². The first-order valence-electron chi connectivity index (χ1n) is 3.96. The number of hydrogen-bond donors (Lipinski definition) is 0. The second-order valence-corrected chi connectivity index (χ2v) is 4.10. The maximum atomic E-state index is 12.3. The number of aryl methyl sites for hydroxylation is 1. The van der Waals surface area contributed by atoms with E-state index < -0.39 is 16.0 Å². The highest BCUT2D eigenvalue weighted by Gasteiger charge is 2.12. The fourth-order valence-corrected chi connectivity index (χ4v) is 1.67. The van der Waals surface area contributed by atoms with Crippen molar-refractivity contribution in [1.29, 1.82) is 0 Å². The van der Waals surface area contributed by atoms with E-state index in [2.05, 4.69) is 5.10 Å². The van der Waals surface area contributed by atoms with Crippen LogP contribution in [0, 0.1) is 0 Å². The summed E-state index contributed by atoms with van der Waals surface area (Å²) in [7, 11) is -4.45. The Hall–Kier alpha value is -0.910. The lowest BCUT2D eigenvalue weighted by atomic mass is 10.4. The molecule has 1 heterocycles. The van der Waals surface area contributed by atoms with E-state index in [0.29, 0.717) is 12.2 Å². The fourth-order valence-electron chi connectivity index (χ4n) is 1.07. The Bertz CT molecular complexity index is 372. The molecule has 0 fully saturated rings. The molecule has 1 aromatic heterocycles. The maximum Gasteiger partial charge on any atom is 0.308 e. The van der Waals surface area contributed by atoms with Crippen molar-refractivity contribution in [3.63, 3.8) is 0 Å². The molecule has 0 saturated heterocycles. The van der Waals surface area contributed by atoms with E-state index >= 15 is 0 Å². The fraction of sp³-hybridized carbons (Fsp3) is 0.571. The standard InChI is InChI=1S/C7H11FN2O2S/c1-2-5-10-7(3-4-9-10)6-13(8,11)12/h3-4H,2,5-6H2,1H3. The molecule has 0 N–H and O–H groups in total. The number of hydrogen-bond acceptors (Lipinski definition) is 3. The Balaban J connectivity index is 2.82. The first-order chi connectivity index (χ1) is 6.03. The molecule has 0 radical (unpaired) electrons. The molecule has 6 heteroatoms. The molecule has 1 rings (SSSR count). The van der Waals surface area contributed by atoms with Gasteiger partial charge in [-0.25, -0.2) is 0 Å². The predicted molar refractivity (Wildman–Crippen MR) is 46.2 cm³/mol. The van der Waals surface area contributed by atoms with Crippen LogP contribution >= 0.6 is 0 Å². The van der Waals surface area contributed by atoms with E-state index in [1.54, 1.807) is 0 Å². The molecule has 0 unspecified atom stereocenters. The van der Waals surface area contributed by atoms with Gasteiger partial charge in [-0.15, -0.1) is 3.89 Å². The van der Waals surface area contributed by atoms with Crippen LogP contribution in [0.1, 0.15) is 19.0 Å². The molecule has 1 aromatic rings. The molecule has 74 valence electrons. The Morgan fingerprint density at radius 1 is 1.62 bits per heavy atom. The van der Waals surface area contributed by atoms with Crippen LogP contribution < -0.4 is 0 Å². The smallest absolute Gasteiger partial charge is 0.268 e. The van der Waals surface area contributed by atoms with Crippen LogP contribution in [-0.4, -0.2) is 18.2 Å². The third-order valence-electron chi connectivity index (χ3n) is 1.56. The molecule has 0 aliphatic heterocycles. The average Bonchev–Trinajstić information content (AvgIpc) is 2.34. The zero-order valence-corrected chi connectivity index (χ0v) is 8.09. The average molecular weight is 206 g/mol. The Kier molecular flexibility index (Phi) is 3.02. The highest BCUT2D eigenvalue weighted by atomic mass is 32.3. The van der Waals surface area contributed by atoms with Crippen LogP contribution in [0.25, 0.3) is 0 Å². The van der Waals surface area contributed by atoms with Gasteiger partial charge in [-0.05, 0) is 12.5 Å². The number of halogens is 1. The molecule has 4 nitrogen and oxygen atoms in total. The van der Waals surface area contributed by atoms with Gasteiger partial charge in [0.15, 0.2) is 0 Å². The maximum absolute atomic E-state index is 12.3. The Morgan fingerprint density at radius 2 is 2.31 bits per heavy atom. The van der Waals surface area contributed by atoms with Crippen molar-refractivity contribution in [2.24, 2.45) is 0 Å². The monoisotopic (exact) mass is 206 g/mol. The topological polar surface area (TPSA) is 52.0 Å². The van der Waals surface area contributed by atoms with Crippen LogP contribution in [-0.2, 0) is 22.5 Å². The highest BCUT2D eigenvalue weighted by molar-refractivity contribution is 7.85. The summed E-state index contributed by atoms with van der Waals surface area (Å²) in [4.78, 5) is 0. The zero-order valence-electron chi connectivity index (χ0n) is 7.27. The molecule has 0 bridgehead atoms. The van der Waals surface area contributed by atoms with Crippen LogP contribution in [0.3, 0.4) is 0 Å². The third-order valence-corrected chi connectivity index (χ3v) is 2.20.